The Bertz CT molecular complexity index is 390. The summed E-state index contributed by atoms with van der Waals surface area (Å²) in [6.07, 6.45) is 6.09. The van der Waals surface area contributed by atoms with E-state index < -0.39 is 11.0 Å². The molecule has 2 bridgehead atoms. The van der Waals surface area contributed by atoms with Gasteiger partial charge < -0.3 is 10.0 Å². The lowest BCUT2D eigenvalue weighted by Crippen LogP contribution is -2.58. The zero-order chi connectivity index (χ0) is 13.0. The molecule has 1 heterocycles. The Morgan fingerprint density at radius 3 is 2.61 bits per heavy atom. The van der Waals surface area contributed by atoms with E-state index in [4.69, 9.17) is 0 Å². The summed E-state index contributed by atoms with van der Waals surface area (Å²) in [5.41, 5.74) is -1.18. The van der Waals surface area contributed by atoms with E-state index in [1.165, 1.54) is 12.8 Å². The number of hydrogen-bond donors (Lipinski definition) is 1. The van der Waals surface area contributed by atoms with E-state index in [0.29, 0.717) is 17.9 Å². The molecule has 3 rings (SSSR count). The van der Waals surface area contributed by atoms with Gasteiger partial charge in [0.2, 0.25) is 0 Å². The minimum Gasteiger partial charge on any atom is -0.388 e. The first-order valence-corrected chi connectivity index (χ1v) is 7.35. The Morgan fingerprint density at radius 2 is 2.11 bits per heavy atom. The molecule has 100 valence electrons. The Balaban J connectivity index is 1.90. The van der Waals surface area contributed by atoms with Crippen LogP contribution in [0.5, 0.6) is 0 Å². The summed E-state index contributed by atoms with van der Waals surface area (Å²) in [7, 11) is 2.12. The van der Waals surface area contributed by atoms with E-state index in [1.54, 1.807) is 0 Å². The van der Waals surface area contributed by atoms with Gasteiger partial charge in [-0.3, -0.25) is 0 Å². The highest BCUT2D eigenvalue weighted by Crippen LogP contribution is 2.62. The van der Waals surface area contributed by atoms with Crippen molar-refractivity contribution >= 4 is 0 Å². The quantitative estimate of drug-likeness (QED) is 0.773. The van der Waals surface area contributed by atoms with Gasteiger partial charge >= 0.3 is 0 Å². The second-order valence-electron chi connectivity index (χ2n) is 6.98. The van der Waals surface area contributed by atoms with Crippen molar-refractivity contribution in [3.63, 3.8) is 0 Å². The molecule has 0 spiro atoms. The molecule has 0 aromatic rings. The van der Waals surface area contributed by atoms with Crippen LogP contribution in [0.2, 0.25) is 0 Å². The Morgan fingerprint density at radius 1 is 1.33 bits per heavy atom. The minimum absolute atomic E-state index is 0.383. The van der Waals surface area contributed by atoms with E-state index >= 15 is 0 Å². The number of rotatable bonds is 1. The number of aliphatic hydroxyl groups is 1. The fraction of sp³-hybridized carbons (Fsp3) is 0.933. The molecule has 0 radical (unpaired) electrons. The average molecular weight is 248 g/mol. The van der Waals surface area contributed by atoms with Crippen LogP contribution in [-0.4, -0.2) is 35.2 Å². The summed E-state index contributed by atoms with van der Waals surface area (Å²) >= 11 is 0. The molecule has 5 atom stereocenters. The van der Waals surface area contributed by atoms with Crippen LogP contribution in [0.25, 0.3) is 0 Å². The second kappa shape index (κ2) is 3.95. The van der Waals surface area contributed by atoms with Gasteiger partial charge in [0.05, 0.1) is 17.1 Å². The molecule has 1 N–H and O–H groups in total. The number of nitriles is 1. The van der Waals surface area contributed by atoms with Gasteiger partial charge in [0, 0.05) is 12.6 Å². The van der Waals surface area contributed by atoms with Crippen LogP contribution in [-0.2, 0) is 0 Å². The first kappa shape index (κ1) is 12.4. The molecule has 3 nitrogen and oxygen atoms in total. The molecule has 3 aliphatic rings. The van der Waals surface area contributed by atoms with Crippen molar-refractivity contribution in [3.8, 4) is 6.07 Å². The fourth-order valence-corrected chi connectivity index (χ4v) is 4.87. The van der Waals surface area contributed by atoms with Gasteiger partial charge in [-0.15, -0.1) is 0 Å². The van der Waals surface area contributed by atoms with Crippen molar-refractivity contribution in [2.75, 3.05) is 13.6 Å². The molecule has 1 saturated heterocycles. The van der Waals surface area contributed by atoms with Gasteiger partial charge in [-0.05, 0) is 57.9 Å². The number of nitrogens with zero attached hydrogens (tertiary/aromatic N) is 2. The summed E-state index contributed by atoms with van der Waals surface area (Å²) in [4.78, 5) is 2.30. The minimum atomic E-state index is -0.743. The summed E-state index contributed by atoms with van der Waals surface area (Å²) < 4.78 is 0. The standard InChI is InChI=1S/C15H24N2O/c1-11-8-15(18,5-6-17(11)2)14(10-16)9-12-3-4-13(14)7-12/h11-13,18H,3-9H2,1-2H3. The monoisotopic (exact) mass is 248 g/mol. The van der Waals surface area contributed by atoms with Crippen LogP contribution in [0.3, 0.4) is 0 Å². The lowest BCUT2D eigenvalue weighted by atomic mass is 9.59. The average Bonchev–Trinajstić information content (AvgIpc) is 2.95. The van der Waals surface area contributed by atoms with Crippen molar-refractivity contribution in [3.05, 3.63) is 0 Å². The third-order valence-corrected chi connectivity index (χ3v) is 6.14. The lowest BCUT2D eigenvalue weighted by molar-refractivity contribution is -0.127. The zero-order valence-electron chi connectivity index (χ0n) is 11.5. The maximum Gasteiger partial charge on any atom is 0.0892 e. The van der Waals surface area contributed by atoms with E-state index in [1.807, 2.05) is 0 Å². The Kier molecular flexibility index (Phi) is 2.73. The molecular formula is C15H24N2O. The normalized spacial score (nSPS) is 52.4. The molecule has 2 saturated carbocycles. The molecule has 2 aliphatic carbocycles. The number of likely N-dealkylation sites (tertiary alicyclic amines) is 1. The van der Waals surface area contributed by atoms with Crippen molar-refractivity contribution in [2.45, 2.75) is 57.1 Å². The zero-order valence-corrected chi connectivity index (χ0v) is 11.5. The molecule has 0 aromatic heterocycles. The summed E-state index contributed by atoms with van der Waals surface area (Å²) in [6.45, 7) is 3.08. The maximum absolute atomic E-state index is 11.2. The van der Waals surface area contributed by atoms with Gasteiger partial charge in [0.25, 0.3) is 0 Å². The van der Waals surface area contributed by atoms with Crippen molar-refractivity contribution in [2.24, 2.45) is 17.3 Å². The van der Waals surface area contributed by atoms with E-state index in [9.17, 15) is 10.4 Å². The number of hydrogen-bond acceptors (Lipinski definition) is 3. The predicted molar refractivity (Wildman–Crippen MR) is 69.8 cm³/mol. The van der Waals surface area contributed by atoms with E-state index in [0.717, 1.165) is 32.2 Å². The van der Waals surface area contributed by atoms with Gasteiger partial charge in [-0.2, -0.15) is 5.26 Å². The first-order valence-electron chi connectivity index (χ1n) is 7.35. The van der Waals surface area contributed by atoms with Gasteiger partial charge in [-0.1, -0.05) is 6.42 Å². The van der Waals surface area contributed by atoms with Crippen LogP contribution in [0.1, 0.15) is 45.4 Å². The maximum atomic E-state index is 11.2. The van der Waals surface area contributed by atoms with Crippen LogP contribution in [0, 0.1) is 28.6 Å². The lowest BCUT2D eigenvalue weighted by Gasteiger charge is -2.51. The molecule has 18 heavy (non-hydrogen) atoms. The summed E-state index contributed by atoms with van der Waals surface area (Å²) in [5, 5.41) is 21.0. The highest BCUT2D eigenvalue weighted by molar-refractivity contribution is 5.21. The molecule has 0 aromatic carbocycles. The highest BCUT2D eigenvalue weighted by Gasteiger charge is 2.62. The largest absolute Gasteiger partial charge is 0.388 e. The Hall–Kier alpha value is -0.590. The number of fused-ring (bicyclic) bond motifs is 2. The van der Waals surface area contributed by atoms with Crippen LogP contribution < -0.4 is 0 Å². The van der Waals surface area contributed by atoms with Crippen molar-refractivity contribution in [1.29, 1.82) is 5.26 Å². The molecule has 3 heteroatoms. The van der Waals surface area contributed by atoms with Gasteiger partial charge in [-0.25, -0.2) is 0 Å². The van der Waals surface area contributed by atoms with Gasteiger partial charge in [0.1, 0.15) is 0 Å². The summed E-state index contributed by atoms with van der Waals surface area (Å²) in [6, 6.07) is 2.97. The van der Waals surface area contributed by atoms with Crippen molar-refractivity contribution < 1.29 is 5.11 Å². The molecule has 3 fully saturated rings. The highest BCUT2D eigenvalue weighted by atomic mass is 16.3. The topological polar surface area (TPSA) is 47.3 Å². The Labute approximate surface area is 110 Å². The number of piperidine rings is 1. The fourth-order valence-electron chi connectivity index (χ4n) is 4.87. The van der Waals surface area contributed by atoms with Crippen LogP contribution in [0.4, 0.5) is 0 Å². The van der Waals surface area contributed by atoms with Gasteiger partial charge in [0.15, 0.2) is 0 Å². The third kappa shape index (κ3) is 1.49. The predicted octanol–water partition coefficient (Wildman–Crippen LogP) is 2.16. The van der Waals surface area contributed by atoms with Crippen molar-refractivity contribution in [1.82, 2.24) is 4.90 Å². The van der Waals surface area contributed by atoms with Crippen LogP contribution in [0.15, 0.2) is 0 Å². The molecule has 0 amide bonds. The smallest absolute Gasteiger partial charge is 0.0892 e. The second-order valence-corrected chi connectivity index (χ2v) is 6.98. The van der Waals surface area contributed by atoms with Crippen LogP contribution >= 0.6 is 0 Å². The summed E-state index contributed by atoms with van der Waals surface area (Å²) in [5.74, 6) is 1.15. The third-order valence-electron chi connectivity index (χ3n) is 6.14. The molecule has 5 unspecified atom stereocenters. The molecular weight excluding hydrogens is 224 g/mol. The molecule has 1 aliphatic heterocycles. The SMILES string of the molecule is CC1CC(O)(C2(C#N)CC3CCC2C3)CCN1C. The van der Waals surface area contributed by atoms with E-state index in [-0.39, 0.29) is 0 Å². The first-order chi connectivity index (χ1) is 8.51. The van der Waals surface area contributed by atoms with E-state index in [2.05, 4.69) is 24.9 Å².